The maximum absolute atomic E-state index is 11.6. The average molecular weight is 216 g/mol. The molecule has 2 nitrogen and oxygen atoms in total. The molecular weight excluding hydrogens is 200 g/mol. The van der Waals surface area contributed by atoms with Crippen LogP contribution < -0.4 is 0 Å². The lowest BCUT2D eigenvalue weighted by molar-refractivity contribution is -0.115. The first-order chi connectivity index (χ1) is 7.59. The summed E-state index contributed by atoms with van der Waals surface area (Å²) < 4.78 is 0. The Morgan fingerprint density at radius 1 is 1.19 bits per heavy atom. The van der Waals surface area contributed by atoms with Crippen molar-refractivity contribution in [2.75, 3.05) is 0 Å². The Balaban J connectivity index is 2.16. The maximum atomic E-state index is 11.6. The normalized spacial score (nSPS) is 30.1. The second-order valence-electron chi connectivity index (χ2n) is 4.68. The maximum Gasteiger partial charge on any atom is 0.186 e. The van der Waals surface area contributed by atoms with Gasteiger partial charge in [0, 0.05) is 11.1 Å². The van der Waals surface area contributed by atoms with Crippen LogP contribution in [0.25, 0.3) is 0 Å². The van der Waals surface area contributed by atoms with Crippen LogP contribution >= 0.6 is 0 Å². The van der Waals surface area contributed by atoms with Gasteiger partial charge in [-0.05, 0) is 43.8 Å². The molecule has 2 unspecified atom stereocenters. The van der Waals surface area contributed by atoms with Crippen molar-refractivity contribution in [2.45, 2.75) is 26.7 Å². The summed E-state index contributed by atoms with van der Waals surface area (Å²) in [5.41, 5.74) is 1.13. The first-order valence-electron chi connectivity index (χ1n) is 5.75. The lowest BCUT2D eigenvalue weighted by Crippen LogP contribution is -2.21. The van der Waals surface area contributed by atoms with Crippen molar-refractivity contribution in [3.8, 4) is 0 Å². The molecule has 0 spiro atoms. The summed E-state index contributed by atoms with van der Waals surface area (Å²) in [6, 6.07) is 0. The Labute approximate surface area is 95.7 Å². The molecule has 0 aliphatic heterocycles. The van der Waals surface area contributed by atoms with E-state index in [1.807, 2.05) is 6.08 Å². The minimum atomic E-state index is -0.0553. The summed E-state index contributed by atoms with van der Waals surface area (Å²) in [6.45, 7) is 3.93. The number of carbonyl (C=O) groups excluding carboxylic acids is 2. The van der Waals surface area contributed by atoms with E-state index in [1.165, 1.54) is 25.0 Å². The number of ketones is 2. The summed E-state index contributed by atoms with van der Waals surface area (Å²) in [6.07, 6.45) is 9.08. The Bertz CT molecular complexity index is 424. The molecule has 0 saturated heterocycles. The van der Waals surface area contributed by atoms with Crippen LogP contribution in [0.5, 0.6) is 0 Å². The highest BCUT2D eigenvalue weighted by atomic mass is 16.1. The summed E-state index contributed by atoms with van der Waals surface area (Å²) in [7, 11) is 0. The molecular formula is C14H16O2. The van der Waals surface area contributed by atoms with E-state index in [-0.39, 0.29) is 11.6 Å². The second kappa shape index (κ2) is 4.20. The van der Waals surface area contributed by atoms with Crippen molar-refractivity contribution in [2.24, 2.45) is 11.8 Å². The Hall–Kier alpha value is -1.44. The molecule has 2 aliphatic rings. The van der Waals surface area contributed by atoms with Crippen LogP contribution in [0.3, 0.4) is 0 Å². The fourth-order valence-corrected chi connectivity index (χ4v) is 2.09. The standard InChI is InChI=1S/C14H16O2/c1-9-3-4-11(9)5-6-12-10(2)13(15)7-8-14(12)16/h5-9,11H,3-4H2,1-2H3/b6-5-. The van der Waals surface area contributed by atoms with E-state index in [0.29, 0.717) is 23.0 Å². The molecule has 0 heterocycles. The molecule has 0 aromatic carbocycles. The molecule has 0 N–H and O–H groups in total. The predicted octanol–water partition coefficient (Wildman–Crippen LogP) is 2.61. The molecule has 16 heavy (non-hydrogen) atoms. The van der Waals surface area contributed by atoms with Crippen molar-refractivity contribution in [1.82, 2.24) is 0 Å². The zero-order chi connectivity index (χ0) is 11.7. The van der Waals surface area contributed by atoms with E-state index in [0.717, 1.165) is 0 Å². The third-order valence-corrected chi connectivity index (χ3v) is 3.62. The summed E-state index contributed by atoms with van der Waals surface area (Å²) in [4.78, 5) is 23.0. The Kier molecular flexibility index (Phi) is 2.90. The van der Waals surface area contributed by atoms with Gasteiger partial charge >= 0.3 is 0 Å². The van der Waals surface area contributed by atoms with Crippen LogP contribution in [0.1, 0.15) is 26.7 Å². The molecule has 1 fully saturated rings. The van der Waals surface area contributed by atoms with E-state index in [1.54, 1.807) is 6.92 Å². The number of rotatable bonds is 2. The highest BCUT2D eigenvalue weighted by Gasteiger charge is 2.24. The van der Waals surface area contributed by atoms with Gasteiger partial charge in [0.1, 0.15) is 0 Å². The van der Waals surface area contributed by atoms with E-state index in [2.05, 4.69) is 13.0 Å². The third-order valence-electron chi connectivity index (χ3n) is 3.62. The van der Waals surface area contributed by atoms with Crippen LogP contribution in [0, 0.1) is 11.8 Å². The van der Waals surface area contributed by atoms with Gasteiger partial charge in [-0.3, -0.25) is 9.59 Å². The lowest BCUT2D eigenvalue weighted by Gasteiger charge is -2.31. The first kappa shape index (κ1) is 11.1. The molecule has 2 aliphatic carbocycles. The van der Waals surface area contributed by atoms with Crippen LogP contribution in [0.15, 0.2) is 35.5 Å². The smallest absolute Gasteiger partial charge is 0.186 e. The van der Waals surface area contributed by atoms with Crippen molar-refractivity contribution in [3.63, 3.8) is 0 Å². The molecule has 2 rings (SSSR count). The molecule has 2 atom stereocenters. The van der Waals surface area contributed by atoms with Gasteiger partial charge in [-0.1, -0.05) is 19.1 Å². The van der Waals surface area contributed by atoms with Crippen LogP contribution in [-0.4, -0.2) is 11.6 Å². The van der Waals surface area contributed by atoms with Crippen molar-refractivity contribution in [3.05, 3.63) is 35.5 Å². The summed E-state index contributed by atoms with van der Waals surface area (Å²) in [5, 5.41) is 0. The number of hydrogen-bond acceptors (Lipinski definition) is 2. The van der Waals surface area contributed by atoms with Gasteiger partial charge in [0.15, 0.2) is 11.6 Å². The Morgan fingerprint density at radius 3 is 2.44 bits per heavy atom. The fraction of sp³-hybridized carbons (Fsp3) is 0.429. The second-order valence-corrected chi connectivity index (χ2v) is 4.68. The van der Waals surface area contributed by atoms with Crippen molar-refractivity contribution < 1.29 is 9.59 Å². The van der Waals surface area contributed by atoms with Crippen LogP contribution in [0.4, 0.5) is 0 Å². The predicted molar refractivity (Wildman–Crippen MR) is 62.9 cm³/mol. The lowest BCUT2D eigenvalue weighted by atomic mass is 9.74. The van der Waals surface area contributed by atoms with E-state index < -0.39 is 0 Å². The number of carbonyl (C=O) groups is 2. The minimum absolute atomic E-state index is 0.0547. The molecule has 0 radical (unpaired) electrons. The van der Waals surface area contributed by atoms with Gasteiger partial charge < -0.3 is 0 Å². The van der Waals surface area contributed by atoms with Crippen LogP contribution in [0.2, 0.25) is 0 Å². The highest BCUT2D eigenvalue weighted by molar-refractivity contribution is 6.21. The van der Waals surface area contributed by atoms with Gasteiger partial charge in [-0.15, -0.1) is 0 Å². The van der Waals surface area contributed by atoms with Gasteiger partial charge in [-0.2, -0.15) is 0 Å². The van der Waals surface area contributed by atoms with Gasteiger partial charge in [-0.25, -0.2) is 0 Å². The zero-order valence-corrected chi connectivity index (χ0v) is 9.69. The number of allylic oxidation sites excluding steroid dienone is 6. The molecule has 84 valence electrons. The van der Waals surface area contributed by atoms with Crippen LogP contribution in [-0.2, 0) is 9.59 Å². The van der Waals surface area contributed by atoms with Gasteiger partial charge in [0.2, 0.25) is 0 Å². The monoisotopic (exact) mass is 216 g/mol. The third kappa shape index (κ3) is 1.92. The SMILES string of the molecule is CC1=C(/C=C\C2CCC2C)C(=O)C=CC1=O. The fourth-order valence-electron chi connectivity index (χ4n) is 2.09. The minimum Gasteiger partial charge on any atom is -0.290 e. The molecule has 2 heteroatoms. The molecule has 0 bridgehead atoms. The molecule has 1 saturated carbocycles. The molecule has 0 aromatic heterocycles. The van der Waals surface area contributed by atoms with E-state index >= 15 is 0 Å². The largest absolute Gasteiger partial charge is 0.290 e. The van der Waals surface area contributed by atoms with Gasteiger partial charge in [0.05, 0.1) is 0 Å². The zero-order valence-electron chi connectivity index (χ0n) is 9.69. The van der Waals surface area contributed by atoms with Crippen molar-refractivity contribution >= 4 is 11.6 Å². The summed E-state index contributed by atoms with van der Waals surface area (Å²) >= 11 is 0. The molecule has 0 amide bonds. The number of hydrogen-bond donors (Lipinski definition) is 0. The first-order valence-corrected chi connectivity index (χ1v) is 5.75. The van der Waals surface area contributed by atoms with Gasteiger partial charge in [0.25, 0.3) is 0 Å². The quantitative estimate of drug-likeness (QED) is 0.665. The van der Waals surface area contributed by atoms with Crippen molar-refractivity contribution in [1.29, 1.82) is 0 Å². The molecule has 0 aromatic rings. The average Bonchev–Trinajstić information content (AvgIpc) is 2.26. The Morgan fingerprint density at radius 2 is 1.88 bits per heavy atom. The van der Waals surface area contributed by atoms with E-state index in [9.17, 15) is 9.59 Å². The topological polar surface area (TPSA) is 34.1 Å². The summed E-state index contributed by atoms with van der Waals surface area (Å²) in [5.74, 6) is 1.18. The van der Waals surface area contributed by atoms with E-state index in [4.69, 9.17) is 0 Å². The highest BCUT2D eigenvalue weighted by Crippen LogP contribution is 2.35.